The van der Waals surface area contributed by atoms with Crippen molar-refractivity contribution in [3.05, 3.63) is 41.7 Å². The molecule has 1 rings (SSSR count). The Morgan fingerprint density at radius 2 is 2.07 bits per heavy atom. The summed E-state index contributed by atoms with van der Waals surface area (Å²) in [5.74, 6) is 4.45. The van der Waals surface area contributed by atoms with Crippen LogP contribution in [0.2, 0.25) is 0 Å². The van der Waals surface area contributed by atoms with E-state index in [1.165, 1.54) is 13.4 Å². The Kier molecular flexibility index (Phi) is 3.88. The van der Waals surface area contributed by atoms with E-state index in [1.54, 1.807) is 6.07 Å². The standard InChI is InChI=1S/C11H13NO3/c1-8-5-3-4-6-9(8)10(7-15-12)11(13)14-2/h3-7H,12H2,1-2H3/b10-7+. The normalized spacial score (nSPS) is 11.0. The van der Waals surface area contributed by atoms with Gasteiger partial charge in [-0.05, 0) is 18.1 Å². The second-order valence-corrected chi connectivity index (χ2v) is 2.97. The van der Waals surface area contributed by atoms with Crippen molar-refractivity contribution in [1.82, 2.24) is 0 Å². The van der Waals surface area contributed by atoms with Crippen LogP contribution in [0.3, 0.4) is 0 Å². The zero-order valence-corrected chi connectivity index (χ0v) is 8.69. The van der Waals surface area contributed by atoms with Crippen LogP contribution in [0.25, 0.3) is 5.57 Å². The van der Waals surface area contributed by atoms with Crippen molar-refractivity contribution in [2.75, 3.05) is 7.11 Å². The number of carbonyl (C=O) groups excluding carboxylic acids is 1. The van der Waals surface area contributed by atoms with Gasteiger partial charge in [0.25, 0.3) is 0 Å². The van der Waals surface area contributed by atoms with Crippen LogP contribution < -0.4 is 5.90 Å². The summed E-state index contributed by atoms with van der Waals surface area (Å²) in [6, 6.07) is 7.41. The minimum absolute atomic E-state index is 0.304. The molecule has 0 aliphatic carbocycles. The van der Waals surface area contributed by atoms with Crippen LogP contribution in [0.5, 0.6) is 0 Å². The molecule has 1 aromatic rings. The first-order chi connectivity index (χ1) is 7.20. The largest absolute Gasteiger partial charge is 0.465 e. The highest BCUT2D eigenvalue weighted by molar-refractivity contribution is 6.16. The molecule has 0 saturated carbocycles. The van der Waals surface area contributed by atoms with Crippen molar-refractivity contribution in [3.63, 3.8) is 0 Å². The van der Waals surface area contributed by atoms with Crippen molar-refractivity contribution in [2.24, 2.45) is 5.90 Å². The summed E-state index contributed by atoms with van der Waals surface area (Å²) in [7, 11) is 1.31. The number of carbonyl (C=O) groups is 1. The zero-order chi connectivity index (χ0) is 11.3. The van der Waals surface area contributed by atoms with Gasteiger partial charge in [-0.2, -0.15) is 5.90 Å². The van der Waals surface area contributed by atoms with Gasteiger partial charge in [0.1, 0.15) is 11.8 Å². The number of hydrogen-bond acceptors (Lipinski definition) is 4. The molecule has 0 unspecified atom stereocenters. The van der Waals surface area contributed by atoms with Gasteiger partial charge < -0.3 is 9.57 Å². The predicted octanol–water partition coefficient (Wildman–Crippen LogP) is 1.40. The fourth-order valence-corrected chi connectivity index (χ4v) is 1.27. The van der Waals surface area contributed by atoms with E-state index < -0.39 is 5.97 Å². The molecule has 0 atom stereocenters. The maximum absolute atomic E-state index is 11.4. The van der Waals surface area contributed by atoms with Gasteiger partial charge in [-0.3, -0.25) is 0 Å². The maximum atomic E-state index is 11.4. The van der Waals surface area contributed by atoms with Crippen molar-refractivity contribution in [1.29, 1.82) is 0 Å². The highest BCUT2D eigenvalue weighted by atomic mass is 16.6. The van der Waals surface area contributed by atoms with Gasteiger partial charge in [0.15, 0.2) is 0 Å². The van der Waals surface area contributed by atoms with Gasteiger partial charge in [-0.25, -0.2) is 4.79 Å². The van der Waals surface area contributed by atoms with Crippen molar-refractivity contribution in [2.45, 2.75) is 6.92 Å². The number of ether oxygens (including phenoxy) is 1. The first-order valence-corrected chi connectivity index (χ1v) is 4.40. The molecule has 4 nitrogen and oxygen atoms in total. The molecule has 0 aromatic heterocycles. The Balaban J connectivity index is 3.17. The lowest BCUT2D eigenvalue weighted by Gasteiger charge is -2.07. The quantitative estimate of drug-likeness (QED) is 0.352. The lowest BCUT2D eigenvalue weighted by atomic mass is 10.0. The van der Waals surface area contributed by atoms with Gasteiger partial charge in [-0.15, -0.1) is 0 Å². The number of aryl methyl sites for hydroxylation is 1. The maximum Gasteiger partial charge on any atom is 0.341 e. The topological polar surface area (TPSA) is 61.5 Å². The summed E-state index contributed by atoms with van der Waals surface area (Å²) in [5.41, 5.74) is 2.00. The molecular formula is C11H13NO3. The van der Waals surface area contributed by atoms with Crippen LogP contribution in [0.15, 0.2) is 30.5 Å². The molecule has 0 bridgehead atoms. The summed E-state index contributed by atoms with van der Waals surface area (Å²) < 4.78 is 4.63. The van der Waals surface area contributed by atoms with E-state index in [1.807, 2.05) is 25.1 Å². The number of methoxy groups -OCH3 is 1. The molecule has 0 heterocycles. The molecule has 4 heteroatoms. The number of benzene rings is 1. The fraction of sp³-hybridized carbons (Fsp3) is 0.182. The number of esters is 1. The smallest absolute Gasteiger partial charge is 0.341 e. The summed E-state index contributed by atoms with van der Waals surface area (Å²) in [5, 5.41) is 0. The fourth-order valence-electron chi connectivity index (χ4n) is 1.27. The van der Waals surface area contributed by atoms with Crippen LogP contribution in [-0.4, -0.2) is 13.1 Å². The molecule has 0 radical (unpaired) electrons. The summed E-state index contributed by atoms with van der Waals surface area (Å²) >= 11 is 0. The summed E-state index contributed by atoms with van der Waals surface area (Å²) in [6.07, 6.45) is 1.17. The second-order valence-electron chi connectivity index (χ2n) is 2.97. The van der Waals surface area contributed by atoms with Crippen molar-refractivity contribution in [3.8, 4) is 0 Å². The van der Waals surface area contributed by atoms with Crippen LogP contribution >= 0.6 is 0 Å². The van der Waals surface area contributed by atoms with E-state index >= 15 is 0 Å². The molecule has 0 spiro atoms. The Morgan fingerprint density at radius 3 is 2.60 bits per heavy atom. The number of rotatable bonds is 3. The van der Waals surface area contributed by atoms with E-state index in [4.69, 9.17) is 5.90 Å². The SMILES string of the molecule is COC(=O)/C(=C/ON)c1ccccc1C. The number of hydrogen-bond donors (Lipinski definition) is 1. The average molecular weight is 207 g/mol. The summed E-state index contributed by atoms with van der Waals surface area (Å²) in [6.45, 7) is 1.89. The van der Waals surface area contributed by atoms with Crippen molar-refractivity contribution >= 4 is 11.5 Å². The minimum Gasteiger partial charge on any atom is -0.465 e. The Hall–Kier alpha value is -1.81. The molecule has 0 saturated heterocycles. The van der Waals surface area contributed by atoms with Gasteiger partial charge >= 0.3 is 5.97 Å². The van der Waals surface area contributed by atoms with Gasteiger partial charge in [0, 0.05) is 0 Å². The second kappa shape index (κ2) is 5.17. The average Bonchev–Trinajstić information content (AvgIpc) is 2.26. The predicted molar refractivity (Wildman–Crippen MR) is 56.4 cm³/mol. The van der Waals surface area contributed by atoms with Gasteiger partial charge in [-0.1, -0.05) is 24.3 Å². The third-order valence-corrected chi connectivity index (χ3v) is 2.03. The molecule has 15 heavy (non-hydrogen) atoms. The van der Waals surface area contributed by atoms with Crippen molar-refractivity contribution < 1.29 is 14.4 Å². The third-order valence-electron chi connectivity index (χ3n) is 2.03. The van der Waals surface area contributed by atoms with Crippen LogP contribution in [0.4, 0.5) is 0 Å². The molecule has 2 N–H and O–H groups in total. The molecule has 80 valence electrons. The van der Waals surface area contributed by atoms with Crippen LogP contribution in [-0.2, 0) is 14.4 Å². The van der Waals surface area contributed by atoms with E-state index in [9.17, 15) is 4.79 Å². The van der Waals surface area contributed by atoms with E-state index in [0.29, 0.717) is 5.57 Å². The number of nitrogens with two attached hydrogens (primary N) is 1. The van der Waals surface area contributed by atoms with Gasteiger partial charge in [0.05, 0.1) is 7.11 Å². The lowest BCUT2D eigenvalue weighted by Crippen LogP contribution is -2.07. The zero-order valence-electron chi connectivity index (χ0n) is 8.69. The molecule has 0 aliphatic rings. The Morgan fingerprint density at radius 1 is 1.40 bits per heavy atom. The minimum atomic E-state index is -0.477. The molecular weight excluding hydrogens is 194 g/mol. The monoisotopic (exact) mass is 207 g/mol. The molecule has 1 aromatic carbocycles. The van der Waals surface area contributed by atoms with Gasteiger partial charge in [0.2, 0.25) is 0 Å². The molecule has 0 aliphatic heterocycles. The van der Waals surface area contributed by atoms with E-state index in [-0.39, 0.29) is 0 Å². The third kappa shape index (κ3) is 2.57. The van der Waals surface area contributed by atoms with Crippen LogP contribution in [0.1, 0.15) is 11.1 Å². The van der Waals surface area contributed by atoms with E-state index in [0.717, 1.165) is 11.1 Å². The molecule has 0 fully saturated rings. The van der Waals surface area contributed by atoms with Crippen LogP contribution in [0, 0.1) is 6.92 Å². The lowest BCUT2D eigenvalue weighted by molar-refractivity contribution is -0.133. The van der Waals surface area contributed by atoms with E-state index in [2.05, 4.69) is 9.57 Å². The highest BCUT2D eigenvalue weighted by Gasteiger charge is 2.14. The highest BCUT2D eigenvalue weighted by Crippen LogP contribution is 2.19. The summed E-state index contributed by atoms with van der Waals surface area (Å²) in [4.78, 5) is 15.8. The first kappa shape index (κ1) is 11.3. The Labute approximate surface area is 88.2 Å². The first-order valence-electron chi connectivity index (χ1n) is 4.40. The molecule has 0 amide bonds. The Bertz CT molecular complexity index is 385.